The molecule has 1 N–H and O–H groups in total. The lowest BCUT2D eigenvalue weighted by molar-refractivity contribution is -0.136. The molecule has 0 radical (unpaired) electrons. The van der Waals surface area contributed by atoms with E-state index in [9.17, 15) is 9.59 Å². The highest BCUT2D eigenvalue weighted by molar-refractivity contribution is 9.11. The van der Waals surface area contributed by atoms with Crippen LogP contribution in [0.3, 0.4) is 0 Å². The van der Waals surface area contributed by atoms with Crippen molar-refractivity contribution in [3.05, 3.63) is 32.1 Å². The Balaban J connectivity index is 2.51. The molecule has 2 rings (SSSR count). The Morgan fingerprint density at radius 3 is 2.74 bits per heavy atom. The molecular formula is C12H13BrN2O3S. The number of hydrogen-bond acceptors (Lipinski definition) is 4. The van der Waals surface area contributed by atoms with Crippen molar-refractivity contribution in [2.45, 2.75) is 13.0 Å². The first-order chi connectivity index (χ1) is 8.95. The van der Waals surface area contributed by atoms with Gasteiger partial charge in [0, 0.05) is 17.6 Å². The third-order valence-corrected chi connectivity index (χ3v) is 4.73. The van der Waals surface area contributed by atoms with Gasteiger partial charge in [-0.3, -0.25) is 0 Å². The molecular weight excluding hydrogens is 332 g/mol. The number of halogens is 1. The molecule has 0 fully saturated rings. The van der Waals surface area contributed by atoms with E-state index in [4.69, 9.17) is 4.74 Å². The molecule has 0 saturated carbocycles. The topological polar surface area (TPSA) is 58.6 Å². The van der Waals surface area contributed by atoms with Crippen LogP contribution in [0.25, 0.3) is 0 Å². The van der Waals surface area contributed by atoms with E-state index in [0.29, 0.717) is 11.3 Å². The van der Waals surface area contributed by atoms with Crippen LogP contribution in [0.4, 0.5) is 4.79 Å². The lowest BCUT2D eigenvalue weighted by Gasteiger charge is -2.32. The fraction of sp³-hybridized carbons (Fsp3) is 0.333. The molecule has 0 aliphatic carbocycles. The van der Waals surface area contributed by atoms with Gasteiger partial charge in [-0.25, -0.2) is 9.59 Å². The van der Waals surface area contributed by atoms with Crippen LogP contribution in [0.1, 0.15) is 17.8 Å². The molecule has 0 spiro atoms. The van der Waals surface area contributed by atoms with Crippen LogP contribution in [0, 0.1) is 0 Å². The monoisotopic (exact) mass is 344 g/mol. The van der Waals surface area contributed by atoms with Crippen molar-refractivity contribution in [3.63, 3.8) is 0 Å². The SMILES string of the molecule is COC(=O)C1=C(C)N(C)C(=O)N[C@H]1c1ccc(Br)s1. The Labute approximate surface area is 123 Å². The van der Waals surface area contributed by atoms with Gasteiger partial charge in [-0.15, -0.1) is 11.3 Å². The van der Waals surface area contributed by atoms with Crippen LogP contribution in [0.15, 0.2) is 27.2 Å². The van der Waals surface area contributed by atoms with Gasteiger partial charge in [0.1, 0.15) is 0 Å². The summed E-state index contributed by atoms with van der Waals surface area (Å²) in [6.07, 6.45) is 0. The molecule has 1 aromatic heterocycles. The molecule has 1 atom stereocenters. The molecule has 19 heavy (non-hydrogen) atoms. The maximum Gasteiger partial charge on any atom is 0.338 e. The van der Waals surface area contributed by atoms with Crippen molar-refractivity contribution < 1.29 is 14.3 Å². The van der Waals surface area contributed by atoms with E-state index >= 15 is 0 Å². The van der Waals surface area contributed by atoms with E-state index < -0.39 is 12.0 Å². The average Bonchev–Trinajstić information content (AvgIpc) is 2.81. The number of carbonyl (C=O) groups is 2. The molecule has 0 saturated heterocycles. The van der Waals surface area contributed by atoms with Crippen LogP contribution in [-0.2, 0) is 9.53 Å². The number of carbonyl (C=O) groups excluding carboxylic acids is 2. The quantitative estimate of drug-likeness (QED) is 0.839. The van der Waals surface area contributed by atoms with Crippen LogP contribution in [0.2, 0.25) is 0 Å². The summed E-state index contributed by atoms with van der Waals surface area (Å²) in [5.41, 5.74) is 1.06. The maximum absolute atomic E-state index is 12.0. The number of nitrogens with one attached hydrogen (secondary N) is 1. The van der Waals surface area contributed by atoms with Crippen molar-refractivity contribution in [1.82, 2.24) is 10.2 Å². The average molecular weight is 345 g/mol. The molecule has 2 heterocycles. The Bertz CT molecular complexity index is 567. The van der Waals surface area contributed by atoms with E-state index in [1.54, 1.807) is 14.0 Å². The first-order valence-electron chi connectivity index (χ1n) is 5.54. The lowest BCUT2D eigenvalue weighted by atomic mass is 10.0. The summed E-state index contributed by atoms with van der Waals surface area (Å²) in [5.74, 6) is -0.432. The number of amides is 2. The molecule has 1 aliphatic heterocycles. The van der Waals surface area contributed by atoms with E-state index in [1.165, 1.54) is 23.3 Å². The molecule has 0 unspecified atom stereocenters. The summed E-state index contributed by atoms with van der Waals surface area (Å²) in [6, 6.07) is 3.06. The highest BCUT2D eigenvalue weighted by Crippen LogP contribution is 2.35. The number of urea groups is 1. The minimum atomic E-state index is -0.465. The number of ether oxygens (including phenoxy) is 1. The summed E-state index contributed by atoms with van der Waals surface area (Å²) in [7, 11) is 2.95. The molecule has 5 nitrogen and oxygen atoms in total. The molecule has 7 heteroatoms. The highest BCUT2D eigenvalue weighted by atomic mass is 79.9. The van der Waals surface area contributed by atoms with Gasteiger partial charge in [0.2, 0.25) is 0 Å². The third-order valence-electron chi connectivity index (χ3n) is 3.04. The first kappa shape index (κ1) is 14.1. The maximum atomic E-state index is 12.0. The third kappa shape index (κ3) is 2.52. The number of rotatable bonds is 2. The summed E-state index contributed by atoms with van der Waals surface area (Å²) >= 11 is 4.85. The van der Waals surface area contributed by atoms with E-state index in [1.807, 2.05) is 12.1 Å². The smallest absolute Gasteiger partial charge is 0.338 e. The van der Waals surface area contributed by atoms with Crippen molar-refractivity contribution >= 4 is 39.3 Å². The number of hydrogen-bond donors (Lipinski definition) is 1. The van der Waals surface area contributed by atoms with Crippen molar-refractivity contribution in [2.75, 3.05) is 14.2 Å². The number of nitrogens with zero attached hydrogens (tertiary/aromatic N) is 1. The Hall–Kier alpha value is -1.34. The summed E-state index contributed by atoms with van der Waals surface area (Å²) in [6.45, 7) is 1.74. The van der Waals surface area contributed by atoms with E-state index in [2.05, 4.69) is 21.2 Å². The van der Waals surface area contributed by atoms with Crippen molar-refractivity contribution in [1.29, 1.82) is 0 Å². The van der Waals surface area contributed by atoms with Crippen LogP contribution in [-0.4, -0.2) is 31.1 Å². The van der Waals surface area contributed by atoms with Gasteiger partial charge < -0.3 is 15.0 Å². The zero-order chi connectivity index (χ0) is 14.2. The van der Waals surface area contributed by atoms with Crippen molar-refractivity contribution in [2.24, 2.45) is 0 Å². The van der Waals surface area contributed by atoms with Gasteiger partial charge in [0.15, 0.2) is 0 Å². The lowest BCUT2D eigenvalue weighted by Crippen LogP contribution is -2.45. The molecule has 2 amide bonds. The van der Waals surface area contributed by atoms with Crippen LogP contribution in [0.5, 0.6) is 0 Å². The fourth-order valence-corrected chi connectivity index (χ4v) is 3.39. The molecule has 1 aliphatic rings. The van der Waals surface area contributed by atoms with Gasteiger partial charge in [0.25, 0.3) is 0 Å². The predicted octanol–water partition coefficient (Wildman–Crippen LogP) is 2.65. The predicted molar refractivity (Wildman–Crippen MR) is 75.8 cm³/mol. The van der Waals surface area contributed by atoms with Gasteiger partial charge >= 0.3 is 12.0 Å². The Kier molecular flexibility index (Phi) is 3.96. The summed E-state index contributed by atoms with van der Waals surface area (Å²) < 4.78 is 5.76. The minimum absolute atomic E-state index is 0.236. The zero-order valence-corrected chi connectivity index (χ0v) is 13.1. The van der Waals surface area contributed by atoms with Gasteiger partial charge in [0.05, 0.1) is 22.5 Å². The Morgan fingerprint density at radius 1 is 1.53 bits per heavy atom. The molecule has 102 valence electrons. The number of esters is 1. The highest BCUT2D eigenvalue weighted by Gasteiger charge is 2.35. The standard InChI is InChI=1S/C12H13BrN2O3S/c1-6-9(11(16)18-3)10(14-12(17)15(6)2)7-4-5-8(13)19-7/h4-5,10H,1-3H3,(H,14,17)/t10-/m0/s1. The van der Waals surface area contributed by atoms with Crippen LogP contribution < -0.4 is 5.32 Å². The summed E-state index contributed by atoms with van der Waals surface area (Å²) in [5, 5.41) is 2.81. The van der Waals surface area contributed by atoms with E-state index in [-0.39, 0.29) is 6.03 Å². The van der Waals surface area contributed by atoms with Gasteiger partial charge in [-0.05, 0) is 35.0 Å². The van der Waals surface area contributed by atoms with Gasteiger partial charge in [-0.2, -0.15) is 0 Å². The second kappa shape index (κ2) is 5.34. The number of thiophene rings is 1. The molecule has 0 aromatic carbocycles. The molecule has 0 bridgehead atoms. The normalized spacial score (nSPS) is 19.5. The first-order valence-corrected chi connectivity index (χ1v) is 7.15. The zero-order valence-electron chi connectivity index (χ0n) is 10.7. The van der Waals surface area contributed by atoms with Crippen LogP contribution >= 0.6 is 27.3 Å². The second-order valence-electron chi connectivity index (χ2n) is 4.07. The van der Waals surface area contributed by atoms with E-state index in [0.717, 1.165) is 8.66 Å². The second-order valence-corrected chi connectivity index (χ2v) is 6.57. The minimum Gasteiger partial charge on any atom is -0.466 e. The molecule has 1 aromatic rings. The largest absolute Gasteiger partial charge is 0.466 e. The van der Waals surface area contributed by atoms with Crippen molar-refractivity contribution in [3.8, 4) is 0 Å². The van der Waals surface area contributed by atoms with Gasteiger partial charge in [-0.1, -0.05) is 0 Å². The fourth-order valence-electron chi connectivity index (χ4n) is 1.91. The Morgan fingerprint density at radius 2 is 2.21 bits per heavy atom. The number of methoxy groups -OCH3 is 1. The summed E-state index contributed by atoms with van der Waals surface area (Å²) in [4.78, 5) is 26.1. The number of allylic oxidation sites excluding steroid dienone is 1.